The van der Waals surface area contributed by atoms with Crippen molar-refractivity contribution in [3.8, 4) is 0 Å². The number of hydrogen-bond acceptors (Lipinski definition) is 5. The van der Waals surface area contributed by atoms with Gasteiger partial charge in [0.15, 0.2) is 5.65 Å². The third-order valence-electron chi connectivity index (χ3n) is 3.18. The number of hydrogen-bond donors (Lipinski definition) is 2. The van der Waals surface area contributed by atoms with Crippen molar-refractivity contribution in [1.82, 2.24) is 15.0 Å². The van der Waals surface area contributed by atoms with Crippen molar-refractivity contribution >= 4 is 17.0 Å². The van der Waals surface area contributed by atoms with Gasteiger partial charge in [-0.25, -0.2) is 9.97 Å². The Hall–Kier alpha value is -1.75. The van der Waals surface area contributed by atoms with Crippen LogP contribution in [-0.2, 0) is 0 Å². The largest absolute Gasteiger partial charge is 0.370 e. The Labute approximate surface area is 113 Å². The number of aromatic nitrogens is 3. The summed E-state index contributed by atoms with van der Waals surface area (Å²) in [6.07, 6.45) is 6.76. The maximum Gasteiger partial charge on any atom is 0.180 e. The van der Waals surface area contributed by atoms with E-state index in [1.54, 1.807) is 12.4 Å². The van der Waals surface area contributed by atoms with E-state index in [1.165, 1.54) is 12.8 Å². The van der Waals surface area contributed by atoms with Crippen LogP contribution in [0.4, 0.5) is 5.82 Å². The summed E-state index contributed by atoms with van der Waals surface area (Å²) in [5.41, 5.74) is 7.14. The molecule has 5 heteroatoms. The quantitative estimate of drug-likeness (QED) is 0.797. The van der Waals surface area contributed by atoms with Gasteiger partial charge in [-0.3, -0.25) is 4.98 Å². The Morgan fingerprint density at radius 3 is 2.84 bits per heavy atom. The lowest BCUT2D eigenvalue weighted by Crippen LogP contribution is -2.18. The van der Waals surface area contributed by atoms with Gasteiger partial charge < -0.3 is 11.1 Å². The van der Waals surface area contributed by atoms with Gasteiger partial charge in [-0.15, -0.1) is 0 Å². The highest BCUT2D eigenvalue weighted by atomic mass is 15.0. The van der Waals surface area contributed by atoms with E-state index in [4.69, 9.17) is 5.73 Å². The molecule has 0 radical (unpaired) electrons. The summed E-state index contributed by atoms with van der Waals surface area (Å²) in [6.45, 7) is 3.85. The molecule has 2 heterocycles. The molecule has 5 nitrogen and oxygen atoms in total. The molecule has 0 aliphatic heterocycles. The molecule has 1 unspecified atom stereocenters. The lowest BCUT2D eigenvalue weighted by molar-refractivity contribution is 0.473. The molecule has 2 aromatic rings. The van der Waals surface area contributed by atoms with Crippen LogP contribution in [0.25, 0.3) is 11.2 Å². The lowest BCUT2D eigenvalue weighted by Gasteiger charge is -2.16. The Morgan fingerprint density at radius 2 is 2.05 bits per heavy atom. The molecule has 19 heavy (non-hydrogen) atoms. The highest BCUT2D eigenvalue weighted by Gasteiger charge is 2.07. The average molecular weight is 259 g/mol. The number of rotatable bonds is 7. The van der Waals surface area contributed by atoms with E-state index >= 15 is 0 Å². The van der Waals surface area contributed by atoms with Gasteiger partial charge in [-0.1, -0.05) is 13.3 Å². The summed E-state index contributed by atoms with van der Waals surface area (Å²) in [7, 11) is 0. The Balaban J connectivity index is 2.00. The van der Waals surface area contributed by atoms with Crippen LogP contribution in [0.5, 0.6) is 0 Å². The van der Waals surface area contributed by atoms with Gasteiger partial charge in [0, 0.05) is 18.9 Å². The molecule has 102 valence electrons. The van der Waals surface area contributed by atoms with Gasteiger partial charge in [-0.2, -0.15) is 0 Å². The molecule has 0 aliphatic carbocycles. The van der Waals surface area contributed by atoms with Crippen LogP contribution in [0.3, 0.4) is 0 Å². The molecule has 0 amide bonds. The molecular weight excluding hydrogens is 238 g/mol. The summed E-state index contributed by atoms with van der Waals surface area (Å²) in [6, 6.07) is 3.89. The van der Waals surface area contributed by atoms with Gasteiger partial charge in [0.1, 0.15) is 11.3 Å². The van der Waals surface area contributed by atoms with E-state index in [2.05, 4.69) is 27.2 Å². The molecule has 0 spiro atoms. The first-order valence-electron chi connectivity index (χ1n) is 6.85. The minimum atomic E-state index is 0.606. The monoisotopic (exact) mass is 259 g/mol. The maximum atomic E-state index is 5.64. The Kier molecular flexibility index (Phi) is 5.03. The fraction of sp³-hybridized carbons (Fsp3) is 0.500. The topological polar surface area (TPSA) is 76.7 Å². The number of nitrogens with one attached hydrogen (secondary N) is 1. The van der Waals surface area contributed by atoms with Crippen LogP contribution in [0.1, 0.15) is 26.2 Å². The van der Waals surface area contributed by atoms with E-state index in [9.17, 15) is 0 Å². The van der Waals surface area contributed by atoms with E-state index in [-0.39, 0.29) is 0 Å². The van der Waals surface area contributed by atoms with E-state index < -0.39 is 0 Å². The van der Waals surface area contributed by atoms with Crippen LogP contribution in [0.15, 0.2) is 24.5 Å². The first-order valence-corrected chi connectivity index (χ1v) is 6.85. The van der Waals surface area contributed by atoms with Crippen molar-refractivity contribution < 1.29 is 0 Å². The molecule has 3 N–H and O–H groups in total. The number of anilines is 1. The molecule has 2 aromatic heterocycles. The highest BCUT2D eigenvalue weighted by molar-refractivity contribution is 5.71. The first kappa shape index (κ1) is 13.7. The lowest BCUT2D eigenvalue weighted by atomic mass is 10.00. The fourth-order valence-electron chi connectivity index (χ4n) is 2.19. The molecule has 0 aromatic carbocycles. The van der Waals surface area contributed by atoms with Crippen LogP contribution in [0, 0.1) is 5.92 Å². The van der Waals surface area contributed by atoms with Crippen molar-refractivity contribution in [2.24, 2.45) is 11.7 Å². The summed E-state index contributed by atoms with van der Waals surface area (Å²) in [5.74, 6) is 1.46. The summed E-state index contributed by atoms with van der Waals surface area (Å²) in [4.78, 5) is 12.9. The molecule has 0 saturated heterocycles. The number of pyridine rings is 1. The Bertz CT molecular complexity index is 508. The molecule has 0 bridgehead atoms. The fourth-order valence-corrected chi connectivity index (χ4v) is 2.19. The zero-order chi connectivity index (χ0) is 13.5. The summed E-state index contributed by atoms with van der Waals surface area (Å²) < 4.78 is 0. The van der Waals surface area contributed by atoms with Gasteiger partial charge >= 0.3 is 0 Å². The SMILES string of the molecule is CCCC(CCN)CNc1ccc2nccnc2n1. The molecule has 0 aliphatic rings. The standard InChI is InChI=1S/C14H21N5/c1-2-3-11(6-7-15)10-18-13-5-4-12-14(19-13)17-9-8-16-12/h4-5,8-9,11H,2-3,6-7,10,15H2,1H3,(H,17,18,19). The maximum absolute atomic E-state index is 5.64. The highest BCUT2D eigenvalue weighted by Crippen LogP contribution is 2.14. The average Bonchev–Trinajstić information content (AvgIpc) is 2.45. The number of fused-ring (bicyclic) bond motifs is 1. The van der Waals surface area contributed by atoms with E-state index in [0.717, 1.165) is 30.8 Å². The van der Waals surface area contributed by atoms with Gasteiger partial charge in [0.05, 0.1) is 0 Å². The second-order valence-corrected chi connectivity index (χ2v) is 4.71. The second-order valence-electron chi connectivity index (χ2n) is 4.71. The van der Waals surface area contributed by atoms with Gasteiger partial charge in [-0.05, 0) is 37.4 Å². The minimum Gasteiger partial charge on any atom is -0.370 e. The minimum absolute atomic E-state index is 0.606. The van der Waals surface area contributed by atoms with E-state index in [1.807, 2.05) is 12.1 Å². The molecule has 0 fully saturated rings. The van der Waals surface area contributed by atoms with Crippen LogP contribution < -0.4 is 11.1 Å². The van der Waals surface area contributed by atoms with Crippen molar-refractivity contribution in [1.29, 1.82) is 0 Å². The second kappa shape index (κ2) is 6.99. The third-order valence-corrected chi connectivity index (χ3v) is 3.18. The van der Waals surface area contributed by atoms with Crippen molar-refractivity contribution in [3.63, 3.8) is 0 Å². The molecule has 1 atom stereocenters. The first-order chi connectivity index (χ1) is 9.33. The summed E-state index contributed by atoms with van der Waals surface area (Å²) >= 11 is 0. The van der Waals surface area contributed by atoms with Crippen LogP contribution in [-0.4, -0.2) is 28.0 Å². The van der Waals surface area contributed by atoms with Gasteiger partial charge in [0.25, 0.3) is 0 Å². The molecule has 0 saturated carbocycles. The molecular formula is C14H21N5. The van der Waals surface area contributed by atoms with Gasteiger partial charge in [0.2, 0.25) is 0 Å². The van der Waals surface area contributed by atoms with Crippen molar-refractivity contribution in [3.05, 3.63) is 24.5 Å². The normalized spacial score (nSPS) is 12.5. The van der Waals surface area contributed by atoms with Crippen molar-refractivity contribution in [2.45, 2.75) is 26.2 Å². The number of nitrogens with zero attached hydrogens (tertiary/aromatic N) is 3. The smallest absolute Gasteiger partial charge is 0.180 e. The zero-order valence-electron chi connectivity index (χ0n) is 11.3. The van der Waals surface area contributed by atoms with Crippen LogP contribution >= 0.6 is 0 Å². The summed E-state index contributed by atoms with van der Waals surface area (Å²) in [5, 5.41) is 3.37. The third kappa shape index (κ3) is 3.86. The predicted molar refractivity (Wildman–Crippen MR) is 77.9 cm³/mol. The molecule has 2 rings (SSSR count). The van der Waals surface area contributed by atoms with Crippen molar-refractivity contribution in [2.75, 3.05) is 18.4 Å². The number of nitrogens with two attached hydrogens (primary N) is 1. The zero-order valence-corrected chi connectivity index (χ0v) is 11.3. The van der Waals surface area contributed by atoms with Crippen LogP contribution in [0.2, 0.25) is 0 Å². The van der Waals surface area contributed by atoms with E-state index in [0.29, 0.717) is 11.6 Å². The Morgan fingerprint density at radius 1 is 1.21 bits per heavy atom. The predicted octanol–water partition coefficient (Wildman–Crippen LogP) is 2.20.